The Morgan fingerprint density at radius 3 is 2.65 bits per heavy atom. The van der Waals surface area contributed by atoms with Crippen LogP contribution in [0.2, 0.25) is 0 Å². The van der Waals surface area contributed by atoms with Crippen molar-refractivity contribution in [2.45, 2.75) is 45.3 Å². The molecule has 7 nitrogen and oxygen atoms in total. The number of guanidine groups is 1. The third-order valence-corrected chi connectivity index (χ3v) is 5.00. The summed E-state index contributed by atoms with van der Waals surface area (Å²) in [6.45, 7) is 8.38. The Bertz CT molecular complexity index is 467. The summed E-state index contributed by atoms with van der Waals surface area (Å²) in [7, 11) is 3.52. The van der Waals surface area contributed by atoms with Gasteiger partial charge in [0.1, 0.15) is 6.54 Å². The van der Waals surface area contributed by atoms with Crippen molar-refractivity contribution in [1.82, 2.24) is 15.1 Å². The van der Waals surface area contributed by atoms with E-state index >= 15 is 0 Å². The van der Waals surface area contributed by atoms with Crippen molar-refractivity contribution in [2.24, 2.45) is 10.9 Å². The summed E-state index contributed by atoms with van der Waals surface area (Å²) in [5, 5.41) is 3.43. The number of likely N-dealkylation sites (N-methyl/N-ethyl adjacent to an activating group) is 1. The molecule has 2 fully saturated rings. The molecule has 26 heavy (non-hydrogen) atoms. The van der Waals surface area contributed by atoms with Gasteiger partial charge in [0.25, 0.3) is 0 Å². The maximum Gasteiger partial charge on any atom is 0.243 e. The van der Waals surface area contributed by atoms with E-state index in [0.29, 0.717) is 19.1 Å². The first-order chi connectivity index (χ1) is 12.0. The molecule has 0 bridgehead atoms. The first-order valence-corrected chi connectivity index (χ1v) is 9.47. The van der Waals surface area contributed by atoms with Gasteiger partial charge in [-0.1, -0.05) is 13.3 Å². The minimum Gasteiger partial charge on any atom is -0.356 e. The summed E-state index contributed by atoms with van der Waals surface area (Å²) in [4.78, 5) is 20.3. The van der Waals surface area contributed by atoms with Crippen molar-refractivity contribution >= 4 is 35.8 Å². The van der Waals surface area contributed by atoms with Crippen molar-refractivity contribution < 1.29 is 14.3 Å². The third kappa shape index (κ3) is 6.53. The number of ether oxygens (including phenoxy) is 2. The van der Waals surface area contributed by atoms with Crippen molar-refractivity contribution in [3.8, 4) is 0 Å². The van der Waals surface area contributed by atoms with Crippen LogP contribution in [0.4, 0.5) is 0 Å². The van der Waals surface area contributed by atoms with Crippen LogP contribution in [-0.2, 0) is 14.3 Å². The van der Waals surface area contributed by atoms with Crippen molar-refractivity contribution in [2.75, 3.05) is 53.5 Å². The molecule has 1 N–H and O–H groups in total. The van der Waals surface area contributed by atoms with E-state index in [1.807, 2.05) is 6.92 Å². The van der Waals surface area contributed by atoms with Gasteiger partial charge in [0, 0.05) is 39.6 Å². The van der Waals surface area contributed by atoms with Crippen LogP contribution in [0, 0.1) is 5.92 Å². The number of carbonyl (C=O) groups excluding carboxylic acids is 1. The molecular weight excluding hydrogens is 447 g/mol. The van der Waals surface area contributed by atoms with Gasteiger partial charge in [-0.25, -0.2) is 4.99 Å². The van der Waals surface area contributed by atoms with Crippen LogP contribution in [-0.4, -0.2) is 80.9 Å². The van der Waals surface area contributed by atoms with Crippen LogP contribution in [0.15, 0.2) is 4.99 Å². The number of amides is 1. The Hall–Kier alpha value is -0.610. The van der Waals surface area contributed by atoms with Crippen LogP contribution in [0.1, 0.15) is 39.5 Å². The number of aliphatic imine (C=N–C) groups is 1. The van der Waals surface area contributed by atoms with Crippen LogP contribution in [0.5, 0.6) is 0 Å². The van der Waals surface area contributed by atoms with Gasteiger partial charge in [0.15, 0.2) is 11.7 Å². The van der Waals surface area contributed by atoms with E-state index in [2.05, 4.69) is 22.1 Å². The summed E-state index contributed by atoms with van der Waals surface area (Å²) < 4.78 is 11.7. The predicted molar refractivity (Wildman–Crippen MR) is 114 cm³/mol. The Morgan fingerprint density at radius 1 is 1.35 bits per heavy atom. The number of hydrogen-bond donors (Lipinski definition) is 1. The van der Waals surface area contributed by atoms with Crippen LogP contribution in [0.3, 0.4) is 0 Å². The van der Waals surface area contributed by atoms with Crippen molar-refractivity contribution in [1.29, 1.82) is 0 Å². The fourth-order valence-electron chi connectivity index (χ4n) is 3.29. The van der Waals surface area contributed by atoms with E-state index in [1.54, 1.807) is 19.0 Å². The first-order valence-electron chi connectivity index (χ1n) is 9.47. The van der Waals surface area contributed by atoms with Gasteiger partial charge in [-0.3, -0.25) is 4.79 Å². The van der Waals surface area contributed by atoms with E-state index < -0.39 is 5.79 Å². The molecule has 0 aromatic rings. The number of rotatable bonds is 6. The highest BCUT2D eigenvalue weighted by Gasteiger charge is 2.42. The number of hydrogen-bond acceptors (Lipinski definition) is 4. The molecule has 2 heterocycles. The molecule has 2 aliphatic heterocycles. The second-order valence-electron chi connectivity index (χ2n) is 7.21. The molecule has 0 spiro atoms. The highest BCUT2D eigenvalue weighted by atomic mass is 127. The van der Waals surface area contributed by atoms with Gasteiger partial charge < -0.3 is 24.6 Å². The fourth-order valence-corrected chi connectivity index (χ4v) is 3.29. The van der Waals surface area contributed by atoms with Gasteiger partial charge in [0.05, 0.1) is 13.2 Å². The summed E-state index contributed by atoms with van der Waals surface area (Å²) in [6.07, 6.45) is 4.37. The zero-order valence-electron chi connectivity index (χ0n) is 16.6. The van der Waals surface area contributed by atoms with E-state index in [-0.39, 0.29) is 36.4 Å². The zero-order valence-corrected chi connectivity index (χ0v) is 19.0. The topological polar surface area (TPSA) is 66.4 Å². The van der Waals surface area contributed by atoms with E-state index in [4.69, 9.17) is 9.47 Å². The van der Waals surface area contributed by atoms with Crippen molar-refractivity contribution in [3.05, 3.63) is 0 Å². The number of likely N-dealkylation sites (tertiary alicyclic amines) is 1. The molecule has 1 amide bonds. The fraction of sp³-hybridized carbons (Fsp3) is 0.889. The lowest BCUT2D eigenvalue weighted by Crippen LogP contribution is -2.52. The molecule has 8 heteroatoms. The zero-order chi connectivity index (χ0) is 18.3. The first kappa shape index (κ1) is 23.4. The average molecular weight is 482 g/mol. The Morgan fingerprint density at radius 2 is 2.04 bits per heavy atom. The molecular formula is C18H35IN4O3. The maximum atomic E-state index is 11.9. The quantitative estimate of drug-likeness (QED) is 0.271. The Kier molecular flexibility index (Phi) is 10.2. The second kappa shape index (κ2) is 11.3. The van der Waals surface area contributed by atoms with E-state index in [1.165, 1.54) is 0 Å². The molecule has 0 saturated carbocycles. The minimum absolute atomic E-state index is 0. The number of nitrogens with zero attached hydrogens (tertiary/aromatic N) is 3. The smallest absolute Gasteiger partial charge is 0.243 e. The normalized spacial score (nSPS) is 22.7. The maximum absolute atomic E-state index is 11.9. The van der Waals surface area contributed by atoms with Gasteiger partial charge in [-0.05, 0) is 26.2 Å². The largest absolute Gasteiger partial charge is 0.356 e. The lowest BCUT2D eigenvalue weighted by Gasteiger charge is -2.41. The number of carbonyl (C=O) groups is 1. The molecule has 0 radical (unpaired) electrons. The lowest BCUT2D eigenvalue weighted by molar-refractivity contribution is -0.189. The average Bonchev–Trinajstić information content (AvgIpc) is 3.05. The SMILES string of the molecule is CCCCNC(=NCC(=O)N(C)C)N1CCCC(C2(C)OCCO2)C1.I. The van der Waals surface area contributed by atoms with Crippen LogP contribution >= 0.6 is 24.0 Å². The molecule has 2 rings (SSSR count). The summed E-state index contributed by atoms with van der Waals surface area (Å²) in [5.41, 5.74) is 0. The summed E-state index contributed by atoms with van der Waals surface area (Å²) >= 11 is 0. The van der Waals surface area contributed by atoms with Crippen LogP contribution < -0.4 is 5.32 Å². The van der Waals surface area contributed by atoms with E-state index in [0.717, 1.165) is 51.3 Å². The van der Waals surface area contributed by atoms with E-state index in [9.17, 15) is 4.79 Å². The lowest BCUT2D eigenvalue weighted by atomic mass is 9.90. The van der Waals surface area contributed by atoms with Gasteiger partial charge in [-0.2, -0.15) is 0 Å². The second-order valence-corrected chi connectivity index (χ2v) is 7.21. The molecule has 2 saturated heterocycles. The van der Waals surface area contributed by atoms with Gasteiger partial charge >= 0.3 is 0 Å². The molecule has 1 unspecified atom stereocenters. The minimum atomic E-state index is -0.493. The number of unbranched alkanes of at least 4 members (excludes halogenated alkanes) is 1. The highest BCUT2D eigenvalue weighted by Crippen LogP contribution is 2.34. The molecule has 0 aromatic carbocycles. The van der Waals surface area contributed by atoms with Crippen LogP contribution in [0.25, 0.3) is 0 Å². The number of nitrogens with one attached hydrogen (secondary N) is 1. The summed E-state index contributed by atoms with van der Waals surface area (Å²) in [5.74, 6) is 0.659. The molecule has 0 aromatic heterocycles. The Balaban J connectivity index is 0.00000338. The summed E-state index contributed by atoms with van der Waals surface area (Å²) in [6, 6.07) is 0. The Labute approximate surface area is 174 Å². The van der Waals surface area contributed by atoms with Crippen molar-refractivity contribution in [3.63, 3.8) is 0 Å². The number of halogens is 1. The predicted octanol–water partition coefficient (Wildman–Crippen LogP) is 1.91. The molecule has 2 aliphatic rings. The van der Waals surface area contributed by atoms with Gasteiger partial charge in [0.2, 0.25) is 5.91 Å². The van der Waals surface area contributed by atoms with Gasteiger partial charge in [-0.15, -0.1) is 24.0 Å². The number of piperidine rings is 1. The standard InChI is InChI=1S/C18H34N4O3.HI/c1-5-6-9-19-17(20-13-16(23)21(3)4)22-10-7-8-15(14-22)18(2)24-11-12-25-18;/h15H,5-14H2,1-4H3,(H,19,20);1H. The molecule has 152 valence electrons. The molecule has 0 aliphatic carbocycles. The molecule has 1 atom stereocenters. The highest BCUT2D eigenvalue weighted by molar-refractivity contribution is 14.0. The third-order valence-electron chi connectivity index (χ3n) is 5.00. The monoisotopic (exact) mass is 482 g/mol.